The van der Waals surface area contributed by atoms with Crippen molar-refractivity contribution in [1.82, 2.24) is 20.9 Å². The van der Waals surface area contributed by atoms with Gasteiger partial charge in [0.1, 0.15) is 17.7 Å². The van der Waals surface area contributed by atoms with E-state index >= 15 is 0 Å². The van der Waals surface area contributed by atoms with Crippen molar-refractivity contribution in [1.29, 1.82) is 0 Å². The number of amides is 4. The lowest BCUT2D eigenvalue weighted by atomic mass is 9.83. The Labute approximate surface area is 269 Å². The van der Waals surface area contributed by atoms with Gasteiger partial charge in [0.25, 0.3) is 5.91 Å². The van der Waals surface area contributed by atoms with E-state index in [0.717, 1.165) is 57.8 Å². The zero-order valence-corrected chi connectivity index (χ0v) is 28.3. The molecule has 10 heteroatoms. The molecule has 4 aliphatic rings. The minimum absolute atomic E-state index is 0.0464. The number of piperidine rings is 1. The van der Waals surface area contributed by atoms with E-state index in [9.17, 15) is 24.0 Å². The summed E-state index contributed by atoms with van der Waals surface area (Å²) >= 11 is 0. The maximum atomic E-state index is 14.3. The SMILES string of the molecule is CCCC(NC(=O)[C@@H]1[C@@H]2[C@H](CN1C(=O)C(NC(=O)OC(C)(C)C)C1CCCCC1)C2(C)C)C(=O)C(=O)NCCC1=CCCCC1. The Kier molecular flexibility index (Phi) is 11.4. The fraction of sp³-hybridized carbons (Fsp3) is 0.800. The van der Waals surface area contributed by atoms with E-state index in [-0.39, 0.29) is 29.1 Å². The third kappa shape index (κ3) is 8.67. The minimum atomic E-state index is -0.969. The van der Waals surface area contributed by atoms with Gasteiger partial charge in [-0.1, -0.05) is 58.1 Å². The molecule has 2 saturated carbocycles. The van der Waals surface area contributed by atoms with Gasteiger partial charge in [0, 0.05) is 13.1 Å². The molecular formula is C35H56N4O6. The minimum Gasteiger partial charge on any atom is -0.444 e. The number of hydrogen-bond acceptors (Lipinski definition) is 6. The maximum Gasteiger partial charge on any atom is 0.408 e. The van der Waals surface area contributed by atoms with Crippen LogP contribution in [0.15, 0.2) is 11.6 Å². The highest BCUT2D eigenvalue weighted by atomic mass is 16.6. The molecule has 10 nitrogen and oxygen atoms in total. The molecule has 3 N–H and O–H groups in total. The Bertz CT molecular complexity index is 1150. The van der Waals surface area contributed by atoms with Crippen molar-refractivity contribution in [3.8, 4) is 0 Å². The molecule has 0 aromatic heterocycles. The number of alkyl carbamates (subject to hydrolysis) is 1. The monoisotopic (exact) mass is 628 g/mol. The Hall–Kier alpha value is -2.91. The zero-order chi connectivity index (χ0) is 32.9. The van der Waals surface area contributed by atoms with Gasteiger partial charge in [-0.25, -0.2) is 4.79 Å². The zero-order valence-electron chi connectivity index (χ0n) is 28.3. The highest BCUT2D eigenvalue weighted by Gasteiger charge is 2.69. The Morgan fingerprint density at radius 2 is 1.73 bits per heavy atom. The fourth-order valence-corrected chi connectivity index (χ4v) is 7.80. The lowest BCUT2D eigenvalue weighted by molar-refractivity contribution is -0.145. The summed E-state index contributed by atoms with van der Waals surface area (Å²) in [5.41, 5.74) is 0.465. The van der Waals surface area contributed by atoms with Crippen molar-refractivity contribution >= 4 is 29.6 Å². The molecule has 252 valence electrons. The molecular weight excluding hydrogens is 572 g/mol. The van der Waals surface area contributed by atoms with Crippen molar-refractivity contribution in [2.75, 3.05) is 13.1 Å². The summed E-state index contributed by atoms with van der Waals surface area (Å²) in [5.74, 6) is -1.99. The van der Waals surface area contributed by atoms with E-state index in [1.54, 1.807) is 25.7 Å². The van der Waals surface area contributed by atoms with Gasteiger partial charge in [0.2, 0.25) is 17.6 Å². The van der Waals surface area contributed by atoms with Crippen LogP contribution in [-0.2, 0) is 23.9 Å². The van der Waals surface area contributed by atoms with Crippen molar-refractivity contribution in [3.63, 3.8) is 0 Å². The Morgan fingerprint density at radius 3 is 2.36 bits per heavy atom. The van der Waals surface area contributed by atoms with E-state index in [4.69, 9.17) is 4.74 Å². The molecule has 45 heavy (non-hydrogen) atoms. The summed E-state index contributed by atoms with van der Waals surface area (Å²) in [4.78, 5) is 68.9. The first-order chi connectivity index (χ1) is 21.2. The highest BCUT2D eigenvalue weighted by Crippen LogP contribution is 2.65. The molecule has 3 aliphatic carbocycles. The van der Waals surface area contributed by atoms with E-state index in [2.05, 4.69) is 35.9 Å². The van der Waals surface area contributed by atoms with Gasteiger partial charge in [-0.3, -0.25) is 19.2 Å². The number of rotatable bonds is 12. The van der Waals surface area contributed by atoms with Gasteiger partial charge in [-0.15, -0.1) is 0 Å². The van der Waals surface area contributed by atoms with Crippen molar-refractivity contribution < 1.29 is 28.7 Å². The predicted octanol–water partition coefficient (Wildman–Crippen LogP) is 4.80. The molecule has 4 amide bonds. The third-order valence-electron chi connectivity index (χ3n) is 10.4. The first kappa shape index (κ1) is 35.0. The second kappa shape index (κ2) is 14.7. The summed E-state index contributed by atoms with van der Waals surface area (Å²) in [6.45, 7) is 12.3. The first-order valence-electron chi connectivity index (χ1n) is 17.3. The number of likely N-dealkylation sites (tertiary alicyclic amines) is 1. The maximum absolute atomic E-state index is 14.3. The second-order valence-corrected chi connectivity index (χ2v) is 15.2. The normalized spacial score (nSPS) is 25.7. The van der Waals surface area contributed by atoms with Crippen LogP contribution < -0.4 is 16.0 Å². The number of nitrogens with zero attached hydrogens (tertiary/aromatic N) is 1. The number of ketones is 1. The van der Waals surface area contributed by atoms with Crippen molar-refractivity contribution in [3.05, 3.63) is 11.6 Å². The van der Waals surface area contributed by atoms with Gasteiger partial charge in [0.05, 0.1) is 6.04 Å². The number of allylic oxidation sites excluding steroid dienone is 1. The van der Waals surface area contributed by atoms with Crippen LogP contribution in [0.3, 0.4) is 0 Å². The van der Waals surface area contributed by atoms with Gasteiger partial charge in [-0.2, -0.15) is 0 Å². The number of carbonyl (C=O) groups is 5. The molecule has 0 spiro atoms. The molecule has 0 aromatic rings. The van der Waals surface area contributed by atoms with Crippen LogP contribution >= 0.6 is 0 Å². The summed E-state index contributed by atoms with van der Waals surface area (Å²) in [6, 6.07) is -2.55. The van der Waals surface area contributed by atoms with E-state index in [0.29, 0.717) is 25.9 Å². The number of nitrogens with one attached hydrogen (secondary N) is 3. The van der Waals surface area contributed by atoms with Crippen LogP contribution in [0.5, 0.6) is 0 Å². The van der Waals surface area contributed by atoms with Gasteiger partial charge >= 0.3 is 6.09 Å². The van der Waals surface area contributed by atoms with E-state index in [1.807, 2.05) is 6.92 Å². The summed E-state index contributed by atoms with van der Waals surface area (Å²) in [5, 5.41) is 8.51. The molecule has 0 bridgehead atoms. The first-order valence-corrected chi connectivity index (χ1v) is 17.3. The Morgan fingerprint density at radius 1 is 1.02 bits per heavy atom. The average Bonchev–Trinajstić information content (AvgIpc) is 3.30. The lowest BCUT2D eigenvalue weighted by Gasteiger charge is -2.37. The summed E-state index contributed by atoms with van der Waals surface area (Å²) < 4.78 is 5.52. The van der Waals surface area contributed by atoms with Gasteiger partial charge in [0.15, 0.2) is 0 Å². The lowest BCUT2D eigenvalue weighted by Crippen LogP contribution is -2.59. The molecule has 1 saturated heterocycles. The molecule has 3 fully saturated rings. The number of Topliss-reactive ketones (excluding diaryl/α,β-unsaturated/α-hetero) is 1. The number of hydrogen-bond donors (Lipinski definition) is 3. The summed E-state index contributed by atoms with van der Waals surface area (Å²) in [7, 11) is 0. The third-order valence-corrected chi connectivity index (χ3v) is 10.4. The fourth-order valence-electron chi connectivity index (χ4n) is 7.80. The largest absolute Gasteiger partial charge is 0.444 e. The number of carbonyl (C=O) groups excluding carboxylic acids is 5. The van der Waals surface area contributed by atoms with Crippen LogP contribution in [0.25, 0.3) is 0 Å². The van der Waals surface area contributed by atoms with Crippen molar-refractivity contribution in [2.24, 2.45) is 23.2 Å². The van der Waals surface area contributed by atoms with Crippen LogP contribution in [0.2, 0.25) is 0 Å². The summed E-state index contributed by atoms with van der Waals surface area (Å²) in [6.07, 6.45) is 12.3. The smallest absolute Gasteiger partial charge is 0.408 e. The average molecular weight is 629 g/mol. The van der Waals surface area contributed by atoms with E-state index in [1.165, 1.54) is 12.0 Å². The standard InChI is InChI=1S/C35H56N4O6/c1-7-14-25(29(40)31(42)36-20-19-22-15-10-8-11-16-22)37-30(41)28-26-24(35(26,5)6)21-39(28)32(43)27(23-17-12-9-13-18-23)38-33(44)45-34(2,3)4/h15,23-28H,7-14,16-21H2,1-6H3,(H,36,42)(H,37,41)(H,38,44)/t24-,25?,26-,27?,28-/m0/s1. The van der Waals surface area contributed by atoms with Crippen LogP contribution in [-0.4, -0.2) is 71.3 Å². The Balaban J connectivity index is 1.47. The number of fused-ring (bicyclic) bond motifs is 1. The highest BCUT2D eigenvalue weighted by molar-refractivity contribution is 6.38. The van der Waals surface area contributed by atoms with Gasteiger partial charge in [-0.05, 0) is 95.3 Å². The topological polar surface area (TPSA) is 134 Å². The van der Waals surface area contributed by atoms with Crippen LogP contribution in [0, 0.1) is 23.2 Å². The van der Waals surface area contributed by atoms with Crippen LogP contribution in [0.4, 0.5) is 4.79 Å². The molecule has 0 radical (unpaired) electrons. The van der Waals surface area contributed by atoms with Crippen molar-refractivity contribution in [2.45, 2.75) is 142 Å². The molecule has 5 atom stereocenters. The predicted molar refractivity (Wildman–Crippen MR) is 172 cm³/mol. The van der Waals surface area contributed by atoms with Gasteiger partial charge < -0.3 is 25.6 Å². The molecule has 1 heterocycles. The quantitative estimate of drug-likeness (QED) is 0.210. The molecule has 0 aromatic carbocycles. The number of ether oxygens (including phenoxy) is 1. The molecule has 4 rings (SSSR count). The van der Waals surface area contributed by atoms with Crippen LogP contribution in [0.1, 0.15) is 119 Å². The second-order valence-electron chi connectivity index (χ2n) is 15.2. The molecule has 1 aliphatic heterocycles. The van der Waals surface area contributed by atoms with E-state index < -0.39 is 47.4 Å². The molecule has 2 unspecified atom stereocenters.